The van der Waals surface area contributed by atoms with Gasteiger partial charge in [-0.3, -0.25) is 9.69 Å². The molecule has 0 unspecified atom stereocenters. The fraction of sp³-hybridized carbons (Fsp3) is 0.348. The maximum absolute atomic E-state index is 12.9. The van der Waals surface area contributed by atoms with Crippen molar-refractivity contribution in [1.82, 2.24) is 9.80 Å². The molecule has 0 N–H and O–H groups in total. The van der Waals surface area contributed by atoms with Gasteiger partial charge in [0.05, 0.1) is 4.88 Å². The van der Waals surface area contributed by atoms with Crippen LogP contribution in [-0.2, 0) is 19.6 Å². The summed E-state index contributed by atoms with van der Waals surface area (Å²) >= 11 is 3.31. The first-order valence-electron chi connectivity index (χ1n) is 10.0. The molecule has 2 aromatic heterocycles. The van der Waals surface area contributed by atoms with Gasteiger partial charge < -0.3 is 9.64 Å². The predicted molar refractivity (Wildman–Crippen MR) is 120 cm³/mol. The van der Waals surface area contributed by atoms with E-state index in [-0.39, 0.29) is 5.91 Å². The third-order valence-electron chi connectivity index (χ3n) is 5.22. The van der Waals surface area contributed by atoms with Gasteiger partial charge in [0, 0.05) is 43.2 Å². The number of carbonyl (C=O) groups excluding carboxylic acids is 1. The molecule has 1 amide bonds. The first-order chi connectivity index (χ1) is 14.2. The third kappa shape index (κ3) is 5.26. The van der Waals surface area contributed by atoms with Crippen molar-refractivity contribution < 1.29 is 9.53 Å². The number of amides is 1. The van der Waals surface area contributed by atoms with Crippen molar-refractivity contribution >= 4 is 28.6 Å². The molecule has 152 valence electrons. The van der Waals surface area contributed by atoms with E-state index in [0.717, 1.165) is 55.3 Å². The number of ether oxygens (including phenoxy) is 1. The van der Waals surface area contributed by atoms with Crippen molar-refractivity contribution in [3.05, 3.63) is 74.1 Å². The Morgan fingerprint density at radius 2 is 1.83 bits per heavy atom. The summed E-state index contributed by atoms with van der Waals surface area (Å²) in [6.07, 6.45) is 1.03. The molecule has 0 aliphatic carbocycles. The van der Waals surface area contributed by atoms with Gasteiger partial charge in [0.1, 0.15) is 12.4 Å². The number of carbonyl (C=O) groups is 1. The second-order valence-electron chi connectivity index (χ2n) is 7.25. The molecule has 1 saturated heterocycles. The summed E-state index contributed by atoms with van der Waals surface area (Å²) in [5.41, 5.74) is 2.35. The second kappa shape index (κ2) is 9.57. The lowest BCUT2D eigenvalue weighted by atomic mass is 10.2. The summed E-state index contributed by atoms with van der Waals surface area (Å²) in [5, 5.41) is 4.15. The number of rotatable bonds is 7. The molecule has 0 radical (unpaired) electrons. The Morgan fingerprint density at radius 3 is 2.52 bits per heavy atom. The highest BCUT2D eigenvalue weighted by Crippen LogP contribution is 2.21. The van der Waals surface area contributed by atoms with E-state index < -0.39 is 0 Å². The molecular weight excluding hydrogens is 400 g/mol. The van der Waals surface area contributed by atoms with E-state index >= 15 is 0 Å². The van der Waals surface area contributed by atoms with Gasteiger partial charge >= 0.3 is 0 Å². The summed E-state index contributed by atoms with van der Waals surface area (Å²) in [5.74, 6) is 1.01. The topological polar surface area (TPSA) is 32.8 Å². The van der Waals surface area contributed by atoms with E-state index in [2.05, 4.69) is 41.5 Å². The van der Waals surface area contributed by atoms with Gasteiger partial charge in [-0.1, -0.05) is 25.1 Å². The fourth-order valence-corrected chi connectivity index (χ4v) is 5.05. The molecule has 1 aliphatic heterocycles. The molecule has 3 heterocycles. The summed E-state index contributed by atoms with van der Waals surface area (Å²) < 4.78 is 5.87. The second-order valence-corrected chi connectivity index (χ2v) is 9.20. The van der Waals surface area contributed by atoms with Crippen molar-refractivity contribution in [2.75, 3.05) is 26.2 Å². The van der Waals surface area contributed by atoms with E-state index in [1.165, 1.54) is 21.8 Å². The summed E-state index contributed by atoms with van der Waals surface area (Å²) in [4.78, 5) is 19.4. The molecule has 0 saturated carbocycles. The van der Waals surface area contributed by atoms with Crippen molar-refractivity contribution in [3.63, 3.8) is 0 Å². The number of nitrogens with zero attached hydrogens (tertiary/aromatic N) is 2. The highest BCUT2D eigenvalue weighted by atomic mass is 32.1. The number of aryl methyl sites for hydroxylation is 1. The normalized spacial score (nSPS) is 14.9. The Bertz CT molecular complexity index is 911. The van der Waals surface area contributed by atoms with Gasteiger partial charge in [0.15, 0.2) is 0 Å². The molecule has 4 nitrogen and oxygen atoms in total. The number of thiophene rings is 2. The van der Waals surface area contributed by atoms with Crippen molar-refractivity contribution in [3.8, 4) is 5.75 Å². The molecule has 1 aromatic carbocycles. The van der Waals surface area contributed by atoms with Crippen LogP contribution in [0.15, 0.2) is 53.2 Å². The van der Waals surface area contributed by atoms with Crippen molar-refractivity contribution in [2.45, 2.75) is 26.5 Å². The van der Waals surface area contributed by atoms with Crippen LogP contribution in [-0.4, -0.2) is 41.9 Å². The first-order valence-corrected chi connectivity index (χ1v) is 11.8. The Hall–Kier alpha value is -2.15. The van der Waals surface area contributed by atoms with Crippen LogP contribution in [0.2, 0.25) is 0 Å². The highest BCUT2D eigenvalue weighted by molar-refractivity contribution is 7.12. The predicted octanol–water partition coefficient (Wildman–Crippen LogP) is 4.91. The third-order valence-corrected chi connectivity index (χ3v) is 7.05. The molecule has 0 spiro atoms. The molecule has 3 aromatic rings. The SMILES string of the molecule is CCc1ccc(OCc2csc(C(=O)N3CCN(Cc4cccs4)CC3)c2)cc1. The van der Waals surface area contributed by atoms with Gasteiger partial charge in [0.2, 0.25) is 0 Å². The molecular formula is C23H26N2O2S2. The lowest BCUT2D eigenvalue weighted by molar-refractivity contribution is 0.0634. The minimum atomic E-state index is 0.143. The molecule has 6 heteroatoms. The van der Waals surface area contributed by atoms with Gasteiger partial charge in [0.25, 0.3) is 5.91 Å². The molecule has 1 fully saturated rings. The zero-order valence-electron chi connectivity index (χ0n) is 16.7. The lowest BCUT2D eigenvalue weighted by Crippen LogP contribution is -2.48. The van der Waals surface area contributed by atoms with Crippen LogP contribution in [0.25, 0.3) is 0 Å². The number of benzene rings is 1. The maximum atomic E-state index is 12.9. The van der Waals surface area contributed by atoms with Crippen LogP contribution in [0, 0.1) is 0 Å². The van der Waals surface area contributed by atoms with Gasteiger partial charge in [-0.25, -0.2) is 0 Å². The van der Waals surface area contributed by atoms with Crippen LogP contribution in [0.1, 0.15) is 32.6 Å². The van der Waals surface area contributed by atoms with E-state index in [0.29, 0.717) is 6.61 Å². The average Bonchev–Trinajstić information content (AvgIpc) is 3.45. The highest BCUT2D eigenvalue weighted by Gasteiger charge is 2.23. The van der Waals surface area contributed by atoms with Crippen LogP contribution in [0.4, 0.5) is 0 Å². The van der Waals surface area contributed by atoms with Crippen molar-refractivity contribution in [2.24, 2.45) is 0 Å². The fourth-order valence-electron chi connectivity index (χ4n) is 3.44. The Kier molecular flexibility index (Phi) is 6.64. The van der Waals surface area contributed by atoms with Gasteiger partial charge in [-0.15, -0.1) is 22.7 Å². The number of piperazine rings is 1. The minimum absolute atomic E-state index is 0.143. The smallest absolute Gasteiger partial charge is 0.264 e. The molecule has 1 aliphatic rings. The van der Waals surface area contributed by atoms with Crippen LogP contribution >= 0.6 is 22.7 Å². The number of hydrogen-bond donors (Lipinski definition) is 0. The Morgan fingerprint density at radius 1 is 1.03 bits per heavy atom. The van der Waals surface area contributed by atoms with Gasteiger partial charge in [-0.2, -0.15) is 0 Å². The average molecular weight is 427 g/mol. The molecule has 0 atom stereocenters. The molecule has 4 rings (SSSR count). The Labute approximate surface area is 180 Å². The first kappa shape index (κ1) is 20.1. The monoisotopic (exact) mass is 426 g/mol. The van der Waals surface area contributed by atoms with Crippen LogP contribution in [0.5, 0.6) is 5.75 Å². The number of hydrogen-bond acceptors (Lipinski definition) is 5. The molecule has 29 heavy (non-hydrogen) atoms. The van der Waals surface area contributed by atoms with E-state index in [9.17, 15) is 4.79 Å². The summed E-state index contributed by atoms with van der Waals surface area (Å²) in [6.45, 7) is 7.06. The minimum Gasteiger partial charge on any atom is -0.489 e. The van der Waals surface area contributed by atoms with Crippen LogP contribution < -0.4 is 4.74 Å². The summed E-state index contributed by atoms with van der Waals surface area (Å²) in [6, 6.07) is 14.4. The quantitative estimate of drug-likeness (QED) is 0.538. The lowest BCUT2D eigenvalue weighted by Gasteiger charge is -2.34. The van der Waals surface area contributed by atoms with Crippen molar-refractivity contribution in [1.29, 1.82) is 0 Å². The largest absolute Gasteiger partial charge is 0.489 e. The maximum Gasteiger partial charge on any atom is 0.264 e. The van der Waals surface area contributed by atoms with Crippen LogP contribution in [0.3, 0.4) is 0 Å². The zero-order valence-corrected chi connectivity index (χ0v) is 18.3. The van der Waals surface area contributed by atoms with E-state index in [1.54, 1.807) is 11.3 Å². The Balaban J connectivity index is 1.27. The molecule has 0 bridgehead atoms. The van der Waals surface area contributed by atoms with E-state index in [1.807, 2.05) is 28.5 Å². The zero-order chi connectivity index (χ0) is 20.1. The van der Waals surface area contributed by atoms with Gasteiger partial charge in [-0.05, 0) is 47.0 Å². The summed E-state index contributed by atoms with van der Waals surface area (Å²) in [7, 11) is 0. The standard InChI is InChI=1S/C23H26N2O2S2/c1-2-18-5-7-20(8-6-18)27-16-19-14-22(29-17-19)23(26)25-11-9-24(10-12-25)15-21-4-3-13-28-21/h3-8,13-14,17H,2,9-12,15-16H2,1H3. The van der Waals surface area contributed by atoms with E-state index in [4.69, 9.17) is 4.74 Å².